The maximum absolute atomic E-state index is 14.4. The first kappa shape index (κ1) is 26.9. The lowest BCUT2D eigenvalue weighted by Crippen LogP contribution is -2.37. The van der Waals surface area contributed by atoms with Gasteiger partial charge >= 0.3 is 11.9 Å². The maximum Gasteiger partial charge on any atom is 0.356 e. The topological polar surface area (TPSA) is 119 Å². The summed E-state index contributed by atoms with van der Waals surface area (Å²) in [4.78, 5) is 33.5. The predicted octanol–water partition coefficient (Wildman–Crippen LogP) is 5.00. The monoisotopic (exact) mass is 575 g/mol. The van der Waals surface area contributed by atoms with Crippen molar-refractivity contribution in [3.05, 3.63) is 79.7 Å². The first-order valence-electron chi connectivity index (χ1n) is 12.2. The van der Waals surface area contributed by atoms with E-state index in [9.17, 15) is 23.5 Å². The molecule has 1 aliphatic heterocycles. The van der Waals surface area contributed by atoms with E-state index in [4.69, 9.17) is 16.3 Å². The summed E-state index contributed by atoms with van der Waals surface area (Å²) >= 11 is 7.48. The predicted molar refractivity (Wildman–Crippen MR) is 140 cm³/mol. The number of hydrogen-bond acceptors (Lipinski definition) is 8. The van der Waals surface area contributed by atoms with Crippen molar-refractivity contribution in [1.82, 2.24) is 20.1 Å². The Hall–Kier alpha value is -3.64. The Bertz CT molecular complexity index is 1500. The number of esters is 1. The molecule has 13 heteroatoms. The van der Waals surface area contributed by atoms with E-state index >= 15 is 0 Å². The molecule has 5 rings (SSSR count). The van der Waals surface area contributed by atoms with E-state index < -0.39 is 34.6 Å². The lowest BCUT2D eigenvalue weighted by molar-refractivity contribution is -0.133. The molecule has 0 amide bonds. The fraction of sp³-hybridized carbons (Fsp3) is 0.346. The van der Waals surface area contributed by atoms with Gasteiger partial charge in [-0.15, -0.1) is 11.3 Å². The number of aryl methyl sites for hydroxylation is 1. The number of carboxylic acid groups (broad SMARTS) is 1. The summed E-state index contributed by atoms with van der Waals surface area (Å²) in [5, 5.41) is 19.8. The van der Waals surface area contributed by atoms with E-state index in [0.717, 1.165) is 11.8 Å². The number of carbonyl (C=O) groups excluding carboxylic acids is 1. The number of halogens is 3. The molecule has 1 saturated carbocycles. The quantitative estimate of drug-likeness (QED) is 0.314. The fourth-order valence-corrected chi connectivity index (χ4v) is 6.06. The zero-order chi connectivity index (χ0) is 27.8. The van der Waals surface area contributed by atoms with Crippen LogP contribution in [0.15, 0.2) is 46.0 Å². The van der Waals surface area contributed by atoms with Crippen molar-refractivity contribution >= 4 is 40.7 Å². The second-order valence-corrected chi connectivity index (χ2v) is 10.6. The van der Waals surface area contributed by atoms with Gasteiger partial charge in [0.05, 0.1) is 23.4 Å². The number of nitrogens with one attached hydrogen (secondary N) is 1. The number of thiazole rings is 1. The van der Waals surface area contributed by atoms with Gasteiger partial charge in [0.25, 0.3) is 0 Å². The number of carboxylic acids is 1. The molecule has 2 aliphatic rings. The van der Waals surface area contributed by atoms with Crippen LogP contribution in [0.5, 0.6) is 0 Å². The van der Waals surface area contributed by atoms with Gasteiger partial charge in [0.15, 0.2) is 22.5 Å². The standard InChI is InChI=1S/C26H24ClF2N5O4S/c1-34-17(26(37)38-2)11-16(33-34)12-3-5-13(6-4-12)21-18(25(35)36)22(14-7-8-15(28)20(29)19(14)27)32-23(31-21)24-30-9-10-39-24/h7-13,22H,3-6H2,1-2H3,(H,31,32)(H,35,36). The second kappa shape index (κ2) is 10.9. The second-order valence-electron chi connectivity index (χ2n) is 9.36. The Morgan fingerprint density at radius 2 is 1.92 bits per heavy atom. The molecule has 1 fully saturated rings. The van der Waals surface area contributed by atoms with Gasteiger partial charge in [0.2, 0.25) is 0 Å². The Balaban J connectivity index is 1.49. The van der Waals surface area contributed by atoms with Crippen molar-refractivity contribution in [2.75, 3.05) is 7.11 Å². The Morgan fingerprint density at radius 1 is 1.21 bits per heavy atom. The van der Waals surface area contributed by atoms with Crippen LogP contribution in [-0.2, 0) is 16.6 Å². The van der Waals surface area contributed by atoms with Crippen LogP contribution in [0.1, 0.15) is 64.4 Å². The maximum atomic E-state index is 14.4. The molecule has 1 aliphatic carbocycles. The lowest BCUT2D eigenvalue weighted by Gasteiger charge is -2.34. The normalized spacial score (nSPS) is 21.4. The van der Waals surface area contributed by atoms with Crippen LogP contribution in [0.2, 0.25) is 5.02 Å². The van der Waals surface area contributed by atoms with E-state index in [-0.39, 0.29) is 23.0 Å². The number of hydrogen-bond donors (Lipinski definition) is 2. The van der Waals surface area contributed by atoms with Gasteiger partial charge in [0.1, 0.15) is 11.7 Å². The molecule has 2 N–H and O–H groups in total. The van der Waals surface area contributed by atoms with Gasteiger partial charge < -0.3 is 15.2 Å². The average molecular weight is 576 g/mol. The van der Waals surface area contributed by atoms with Gasteiger partial charge in [-0.25, -0.2) is 23.4 Å². The largest absolute Gasteiger partial charge is 0.478 e. The van der Waals surface area contributed by atoms with Crippen LogP contribution in [0, 0.1) is 17.6 Å². The third-order valence-corrected chi connectivity index (χ3v) is 8.31. The summed E-state index contributed by atoms with van der Waals surface area (Å²) in [5.74, 6) is -3.87. The van der Waals surface area contributed by atoms with Gasteiger partial charge in [-0.2, -0.15) is 5.10 Å². The highest BCUT2D eigenvalue weighted by atomic mass is 35.5. The molecule has 3 heterocycles. The number of rotatable bonds is 6. The van der Waals surface area contributed by atoms with Gasteiger partial charge in [-0.1, -0.05) is 17.7 Å². The minimum absolute atomic E-state index is 0.0542. The van der Waals surface area contributed by atoms with Crippen molar-refractivity contribution in [2.45, 2.75) is 37.6 Å². The van der Waals surface area contributed by atoms with Crippen LogP contribution in [0.4, 0.5) is 8.78 Å². The number of methoxy groups -OCH3 is 1. The highest BCUT2D eigenvalue weighted by molar-refractivity contribution is 7.11. The highest BCUT2D eigenvalue weighted by Crippen LogP contribution is 2.43. The smallest absolute Gasteiger partial charge is 0.356 e. The number of aliphatic carboxylic acids is 1. The lowest BCUT2D eigenvalue weighted by atomic mass is 9.77. The fourth-order valence-electron chi connectivity index (χ4n) is 5.21. The number of aliphatic imine (C=N–C) groups is 1. The summed E-state index contributed by atoms with van der Waals surface area (Å²) in [6.45, 7) is 0. The molecule has 1 atom stereocenters. The molecular weight excluding hydrogens is 552 g/mol. The van der Waals surface area contributed by atoms with E-state index in [1.54, 1.807) is 24.7 Å². The van der Waals surface area contributed by atoms with E-state index in [1.807, 2.05) is 0 Å². The molecule has 0 bridgehead atoms. The molecule has 9 nitrogen and oxygen atoms in total. The minimum Gasteiger partial charge on any atom is -0.478 e. The number of aromatic nitrogens is 3. The number of allylic oxidation sites excluding steroid dienone is 1. The Labute approximate surface area is 231 Å². The summed E-state index contributed by atoms with van der Waals surface area (Å²) in [6.07, 6.45) is 4.23. The molecule has 1 aromatic carbocycles. The van der Waals surface area contributed by atoms with Crippen molar-refractivity contribution in [3.63, 3.8) is 0 Å². The molecule has 3 aromatic rings. The molecule has 0 radical (unpaired) electrons. The zero-order valence-electron chi connectivity index (χ0n) is 21.0. The van der Waals surface area contributed by atoms with E-state index in [0.29, 0.717) is 47.9 Å². The van der Waals surface area contributed by atoms with E-state index in [2.05, 4.69) is 20.4 Å². The number of carbonyl (C=O) groups is 2. The summed E-state index contributed by atoms with van der Waals surface area (Å²) in [6, 6.07) is 2.73. The summed E-state index contributed by atoms with van der Waals surface area (Å²) < 4.78 is 34.6. The average Bonchev–Trinajstić information content (AvgIpc) is 3.61. The highest BCUT2D eigenvalue weighted by Gasteiger charge is 2.38. The third kappa shape index (κ3) is 5.06. The Morgan fingerprint density at radius 3 is 2.56 bits per heavy atom. The zero-order valence-corrected chi connectivity index (χ0v) is 22.5. The molecule has 0 spiro atoms. The first-order valence-corrected chi connectivity index (χ1v) is 13.4. The molecule has 0 saturated heterocycles. The van der Waals surface area contributed by atoms with Crippen molar-refractivity contribution < 1.29 is 28.2 Å². The molecular formula is C26H24ClF2N5O4S. The SMILES string of the molecule is COC(=O)c1cc(C2CCC(C3=C(C(=O)O)C(c4ccc(F)c(F)c4Cl)N=C(c4nccs4)N3)CC2)nn1C. The molecule has 204 valence electrons. The van der Waals surface area contributed by atoms with Crippen LogP contribution in [0.25, 0.3) is 0 Å². The third-order valence-electron chi connectivity index (χ3n) is 7.15. The Kier molecular flexibility index (Phi) is 7.50. The van der Waals surface area contributed by atoms with Crippen LogP contribution < -0.4 is 5.32 Å². The summed E-state index contributed by atoms with van der Waals surface area (Å²) in [7, 11) is 3.00. The number of amidine groups is 1. The van der Waals surface area contributed by atoms with Crippen molar-refractivity contribution in [2.24, 2.45) is 18.0 Å². The summed E-state index contributed by atoms with van der Waals surface area (Å²) in [5.41, 5.74) is 1.56. The number of ether oxygens (including phenoxy) is 1. The molecule has 39 heavy (non-hydrogen) atoms. The number of nitrogens with zero attached hydrogens (tertiary/aromatic N) is 4. The number of benzene rings is 1. The van der Waals surface area contributed by atoms with Gasteiger partial charge in [-0.3, -0.25) is 9.67 Å². The van der Waals surface area contributed by atoms with Crippen LogP contribution >= 0.6 is 22.9 Å². The first-order chi connectivity index (χ1) is 18.7. The van der Waals surface area contributed by atoms with E-state index in [1.165, 1.54) is 29.2 Å². The minimum atomic E-state index is -1.26. The van der Waals surface area contributed by atoms with Gasteiger partial charge in [-0.05, 0) is 43.7 Å². The van der Waals surface area contributed by atoms with Crippen molar-refractivity contribution in [1.29, 1.82) is 0 Å². The molecule has 2 aromatic heterocycles. The molecule has 1 unspecified atom stereocenters. The van der Waals surface area contributed by atoms with Crippen molar-refractivity contribution in [3.8, 4) is 0 Å². The van der Waals surface area contributed by atoms with Gasteiger partial charge in [0, 0.05) is 35.8 Å². The van der Waals surface area contributed by atoms with Crippen LogP contribution in [-0.4, -0.2) is 44.8 Å². The van der Waals surface area contributed by atoms with Crippen LogP contribution in [0.3, 0.4) is 0 Å².